The molecule has 1 heterocycles. The summed E-state index contributed by atoms with van der Waals surface area (Å²) >= 11 is 0. The lowest BCUT2D eigenvalue weighted by atomic mass is 9.76. The van der Waals surface area contributed by atoms with Gasteiger partial charge in [-0.1, -0.05) is 64.2 Å². The van der Waals surface area contributed by atoms with Crippen molar-refractivity contribution in [1.29, 1.82) is 0 Å². The van der Waals surface area contributed by atoms with Gasteiger partial charge in [-0.25, -0.2) is 0 Å². The molecule has 0 radical (unpaired) electrons. The first kappa shape index (κ1) is 21.6. The Morgan fingerprint density at radius 2 is 1.74 bits per heavy atom. The molecule has 1 aromatic carbocycles. The zero-order valence-electron chi connectivity index (χ0n) is 17.5. The maximum absolute atomic E-state index is 13.2. The summed E-state index contributed by atoms with van der Waals surface area (Å²) in [6.07, 6.45) is 0. The Kier molecular flexibility index (Phi) is 5.93. The van der Waals surface area contributed by atoms with Crippen LogP contribution in [-0.4, -0.2) is 36.7 Å². The van der Waals surface area contributed by atoms with Crippen LogP contribution in [0.25, 0.3) is 0 Å². The van der Waals surface area contributed by atoms with E-state index in [1.165, 1.54) is 0 Å². The number of rotatable bonds is 6. The molecule has 27 heavy (non-hydrogen) atoms. The Bertz CT molecular complexity index is 688. The van der Waals surface area contributed by atoms with Crippen molar-refractivity contribution in [2.45, 2.75) is 76.5 Å². The van der Waals surface area contributed by atoms with Crippen molar-refractivity contribution in [3.63, 3.8) is 0 Å². The number of amides is 1. The van der Waals surface area contributed by atoms with Crippen LogP contribution >= 0.6 is 0 Å². The van der Waals surface area contributed by atoms with Gasteiger partial charge in [0.15, 0.2) is 0 Å². The van der Waals surface area contributed by atoms with Crippen molar-refractivity contribution >= 4 is 20.0 Å². The van der Waals surface area contributed by atoms with Crippen molar-refractivity contribution in [1.82, 2.24) is 5.32 Å². The first-order valence-electron chi connectivity index (χ1n) is 9.50. The number of ether oxygens (including phenoxy) is 1. The zero-order valence-corrected chi connectivity index (χ0v) is 18.5. The predicted molar refractivity (Wildman–Crippen MR) is 109 cm³/mol. The largest absolute Gasteiger partial charge is 0.461 e. The number of β-lactam (4-membered cyclic amide) rings is 1. The molecular weight excluding hydrogens is 358 g/mol. The van der Waals surface area contributed by atoms with Gasteiger partial charge in [-0.2, -0.15) is 0 Å². The molecule has 0 saturated carbocycles. The first-order chi connectivity index (χ1) is 12.3. The monoisotopic (exact) mass is 391 g/mol. The third kappa shape index (κ3) is 4.43. The summed E-state index contributed by atoms with van der Waals surface area (Å²) in [5.74, 6) is -1.10. The number of nitrogens with one attached hydrogen (secondary N) is 1. The average molecular weight is 392 g/mol. The lowest BCUT2D eigenvalue weighted by molar-refractivity contribution is -0.155. The summed E-state index contributed by atoms with van der Waals surface area (Å²) < 4.78 is 5.69. The van der Waals surface area contributed by atoms with Crippen LogP contribution in [0.2, 0.25) is 23.7 Å². The first-order valence-corrected chi connectivity index (χ1v) is 12.6. The van der Waals surface area contributed by atoms with Crippen molar-refractivity contribution < 1.29 is 19.4 Å². The molecular formula is C21H33NO4Si. The number of aliphatic hydroxyl groups is 1. The van der Waals surface area contributed by atoms with Gasteiger partial charge in [0.1, 0.15) is 6.61 Å². The molecule has 5 nitrogen and oxygen atoms in total. The van der Waals surface area contributed by atoms with Crippen LogP contribution < -0.4 is 5.32 Å². The van der Waals surface area contributed by atoms with Crippen molar-refractivity contribution in [3.8, 4) is 0 Å². The Morgan fingerprint density at radius 3 is 2.19 bits per heavy atom. The van der Waals surface area contributed by atoms with Gasteiger partial charge >= 0.3 is 5.97 Å². The highest BCUT2D eigenvalue weighted by molar-refractivity contribution is 6.84. The topological polar surface area (TPSA) is 75.6 Å². The molecule has 2 N–H and O–H groups in total. The maximum atomic E-state index is 13.2. The van der Waals surface area contributed by atoms with Crippen LogP contribution in [0.1, 0.15) is 40.2 Å². The lowest BCUT2D eigenvalue weighted by Gasteiger charge is -2.52. The van der Waals surface area contributed by atoms with E-state index in [0.717, 1.165) is 5.56 Å². The summed E-state index contributed by atoms with van der Waals surface area (Å²) in [7, 11) is -2.22. The van der Waals surface area contributed by atoms with Crippen LogP contribution in [0.4, 0.5) is 0 Å². The van der Waals surface area contributed by atoms with Crippen molar-refractivity contribution in [2.24, 2.45) is 5.92 Å². The van der Waals surface area contributed by atoms with E-state index in [-0.39, 0.29) is 23.5 Å². The highest BCUT2D eigenvalue weighted by atomic mass is 28.3. The molecule has 1 unspecified atom stereocenters. The number of esters is 1. The summed E-state index contributed by atoms with van der Waals surface area (Å²) in [4.78, 5) is 25.4. The van der Waals surface area contributed by atoms with Crippen LogP contribution in [0, 0.1) is 5.92 Å². The summed E-state index contributed by atoms with van der Waals surface area (Å²) in [5, 5.41) is 13.3. The molecule has 2 rings (SSSR count). The molecule has 1 aliphatic rings. The SMILES string of the molecule is CC(C)(O)[C@H]1C(=O)N[C@@H]1C(C(=O)OCc1ccccc1)[Si](C)(C)C(C)(C)C. The molecule has 0 aromatic heterocycles. The van der Waals surface area contributed by atoms with Gasteiger partial charge < -0.3 is 15.2 Å². The van der Waals surface area contributed by atoms with E-state index in [1.807, 2.05) is 30.3 Å². The third-order valence-electron chi connectivity index (χ3n) is 6.26. The molecule has 1 fully saturated rings. The van der Waals surface area contributed by atoms with Gasteiger partial charge in [0, 0.05) is 0 Å². The Labute approximate surface area is 163 Å². The van der Waals surface area contributed by atoms with E-state index >= 15 is 0 Å². The number of benzene rings is 1. The minimum atomic E-state index is -2.22. The van der Waals surface area contributed by atoms with Gasteiger partial charge in [-0.15, -0.1) is 0 Å². The normalized spacial score (nSPS) is 21.9. The fraction of sp³-hybridized carbons (Fsp3) is 0.619. The fourth-order valence-corrected chi connectivity index (χ4v) is 6.39. The van der Waals surface area contributed by atoms with Gasteiger partial charge in [0.2, 0.25) is 5.91 Å². The van der Waals surface area contributed by atoms with E-state index in [9.17, 15) is 14.7 Å². The van der Waals surface area contributed by atoms with E-state index in [2.05, 4.69) is 39.2 Å². The van der Waals surface area contributed by atoms with E-state index in [0.29, 0.717) is 0 Å². The van der Waals surface area contributed by atoms with Crippen LogP contribution in [0.3, 0.4) is 0 Å². The molecule has 1 saturated heterocycles. The van der Waals surface area contributed by atoms with Crippen LogP contribution in [0.15, 0.2) is 30.3 Å². The highest BCUT2D eigenvalue weighted by Crippen LogP contribution is 2.49. The predicted octanol–water partition coefficient (Wildman–Crippen LogP) is 3.49. The summed E-state index contributed by atoms with van der Waals surface area (Å²) in [6, 6.07) is 9.16. The van der Waals surface area contributed by atoms with Crippen molar-refractivity contribution in [2.75, 3.05) is 0 Å². The van der Waals surface area contributed by atoms with Crippen LogP contribution in [0.5, 0.6) is 0 Å². The molecule has 3 atom stereocenters. The Balaban J connectivity index is 2.30. The zero-order chi connectivity index (χ0) is 20.6. The maximum Gasteiger partial charge on any atom is 0.308 e. The van der Waals surface area contributed by atoms with Gasteiger partial charge in [-0.3, -0.25) is 9.59 Å². The number of hydrogen-bond donors (Lipinski definition) is 2. The van der Waals surface area contributed by atoms with E-state index in [4.69, 9.17) is 4.74 Å². The number of carbonyl (C=O) groups is 2. The Hall–Kier alpha value is -1.66. The molecule has 0 bridgehead atoms. The Morgan fingerprint density at radius 1 is 1.19 bits per heavy atom. The van der Waals surface area contributed by atoms with Crippen LogP contribution in [-0.2, 0) is 20.9 Å². The lowest BCUT2D eigenvalue weighted by Crippen LogP contribution is -2.71. The minimum Gasteiger partial charge on any atom is -0.461 e. The molecule has 150 valence electrons. The molecule has 0 aliphatic carbocycles. The standard InChI is InChI=1S/C21H33NO4Si/c1-20(2,3)27(6,7)17(16-15(18(23)22-16)21(4,5)25)19(24)26-13-14-11-9-8-10-12-14/h8-12,15-17,25H,13H2,1-7H3,(H,22,23)/t15-,16+,17?/m1/s1. The smallest absolute Gasteiger partial charge is 0.308 e. The van der Waals surface area contributed by atoms with E-state index in [1.54, 1.807) is 13.8 Å². The van der Waals surface area contributed by atoms with Gasteiger partial charge in [-0.05, 0) is 24.4 Å². The molecule has 1 aliphatic heterocycles. The summed E-state index contributed by atoms with van der Waals surface area (Å²) in [5.41, 5.74) is -0.695. The third-order valence-corrected chi connectivity index (χ3v) is 12.3. The quantitative estimate of drug-likeness (QED) is 0.442. The molecule has 6 heteroatoms. The minimum absolute atomic E-state index is 0.0755. The molecule has 1 aromatic rings. The van der Waals surface area contributed by atoms with Crippen molar-refractivity contribution in [3.05, 3.63) is 35.9 Å². The average Bonchev–Trinajstić information content (AvgIpc) is 2.50. The molecule has 0 spiro atoms. The second-order valence-corrected chi connectivity index (χ2v) is 15.3. The summed E-state index contributed by atoms with van der Waals surface area (Å²) in [6.45, 7) is 14.2. The highest BCUT2D eigenvalue weighted by Gasteiger charge is 2.60. The number of carbonyl (C=O) groups excluding carboxylic acids is 2. The van der Waals surface area contributed by atoms with Gasteiger partial charge in [0.05, 0.1) is 31.2 Å². The van der Waals surface area contributed by atoms with Gasteiger partial charge in [0.25, 0.3) is 0 Å². The second kappa shape index (κ2) is 7.39. The fourth-order valence-electron chi connectivity index (χ4n) is 3.62. The molecule has 1 amide bonds. The number of hydrogen-bond acceptors (Lipinski definition) is 4. The second-order valence-electron chi connectivity index (χ2n) is 9.71. The van der Waals surface area contributed by atoms with E-state index < -0.39 is 31.2 Å².